The van der Waals surface area contributed by atoms with Crippen molar-refractivity contribution >= 4 is 32.9 Å². The summed E-state index contributed by atoms with van der Waals surface area (Å²) in [5.74, 6) is -1.55. The van der Waals surface area contributed by atoms with Crippen LogP contribution in [0.15, 0.2) is 52.4 Å². The molecule has 0 aliphatic carbocycles. The monoisotopic (exact) mass is 482 g/mol. The van der Waals surface area contributed by atoms with Gasteiger partial charge in [0.2, 0.25) is 5.13 Å². The van der Waals surface area contributed by atoms with Crippen LogP contribution in [0.1, 0.15) is 31.7 Å². The average molecular weight is 483 g/mol. The summed E-state index contributed by atoms with van der Waals surface area (Å²) in [6, 6.07) is 1.50. The number of aliphatic imine (C=N–C) groups is 1. The molecule has 1 fully saturated rings. The Morgan fingerprint density at radius 3 is 2.88 bits per heavy atom. The number of nitrogens with one attached hydrogen (secondary N) is 1. The molecule has 1 aromatic carbocycles. The molecule has 1 aliphatic rings. The number of sulfonamides is 1. The number of nitrogens with two attached hydrogens (primary N) is 1. The third-order valence-electron chi connectivity index (χ3n) is 5.00. The van der Waals surface area contributed by atoms with Crippen LogP contribution >= 0.6 is 11.5 Å². The van der Waals surface area contributed by atoms with Gasteiger partial charge in [0, 0.05) is 35.9 Å². The zero-order valence-electron chi connectivity index (χ0n) is 17.5. The first-order valence-electron chi connectivity index (χ1n) is 9.87. The predicted octanol–water partition coefficient (Wildman–Crippen LogP) is 3.42. The molecule has 32 heavy (non-hydrogen) atoms. The summed E-state index contributed by atoms with van der Waals surface area (Å²) in [5.41, 5.74) is 6.63. The average Bonchev–Trinajstić information content (AvgIpc) is 3.23. The Hall–Kier alpha value is -2.70. The number of anilines is 1. The van der Waals surface area contributed by atoms with E-state index < -0.39 is 26.6 Å². The fraction of sp³-hybridized carbons (Fsp3) is 0.350. The lowest BCUT2D eigenvalue weighted by Gasteiger charge is -2.36. The Labute approximate surface area is 189 Å². The van der Waals surface area contributed by atoms with Crippen LogP contribution in [-0.4, -0.2) is 41.5 Å². The van der Waals surface area contributed by atoms with E-state index in [4.69, 9.17) is 5.73 Å². The molecule has 0 spiro atoms. The van der Waals surface area contributed by atoms with Crippen molar-refractivity contribution < 1.29 is 17.2 Å². The number of likely N-dealkylation sites (tertiary alicyclic amines) is 1. The van der Waals surface area contributed by atoms with Gasteiger partial charge >= 0.3 is 0 Å². The molecule has 0 radical (unpaired) electrons. The number of aromatic nitrogens is 2. The molecule has 172 valence electrons. The third-order valence-corrected chi connectivity index (χ3v) is 7.06. The number of hydrogen-bond acceptors (Lipinski definition) is 8. The number of benzene rings is 1. The largest absolute Gasteiger partial charge is 0.384 e. The second-order valence-electron chi connectivity index (χ2n) is 7.24. The van der Waals surface area contributed by atoms with Gasteiger partial charge in [-0.25, -0.2) is 27.2 Å². The molecule has 2 aromatic rings. The maximum Gasteiger partial charge on any atom is 0.266 e. The van der Waals surface area contributed by atoms with Crippen LogP contribution in [0.25, 0.3) is 0 Å². The van der Waals surface area contributed by atoms with Gasteiger partial charge in [-0.1, -0.05) is 13.0 Å². The van der Waals surface area contributed by atoms with E-state index >= 15 is 0 Å². The van der Waals surface area contributed by atoms with Crippen molar-refractivity contribution in [3.63, 3.8) is 0 Å². The first-order chi connectivity index (χ1) is 15.2. The molecule has 12 heteroatoms. The Kier molecular flexibility index (Phi) is 7.69. The smallest absolute Gasteiger partial charge is 0.266 e. The Morgan fingerprint density at radius 2 is 2.19 bits per heavy atom. The molecular weight excluding hydrogens is 458 g/mol. The van der Waals surface area contributed by atoms with Crippen molar-refractivity contribution in [2.75, 3.05) is 11.3 Å². The highest BCUT2D eigenvalue weighted by Gasteiger charge is 2.27. The van der Waals surface area contributed by atoms with Crippen LogP contribution in [0.3, 0.4) is 0 Å². The number of rotatable bonds is 8. The number of piperidine rings is 1. The van der Waals surface area contributed by atoms with Gasteiger partial charge < -0.3 is 5.73 Å². The van der Waals surface area contributed by atoms with E-state index in [1.807, 2.05) is 4.90 Å². The zero-order chi connectivity index (χ0) is 23.3. The minimum Gasteiger partial charge on any atom is -0.384 e. The summed E-state index contributed by atoms with van der Waals surface area (Å²) in [7, 11) is -4.35. The van der Waals surface area contributed by atoms with E-state index in [0.717, 1.165) is 48.8 Å². The van der Waals surface area contributed by atoms with Gasteiger partial charge in [0.15, 0.2) is 0 Å². The molecule has 0 unspecified atom stereocenters. The van der Waals surface area contributed by atoms with Crippen molar-refractivity contribution in [1.29, 1.82) is 0 Å². The zero-order valence-corrected chi connectivity index (χ0v) is 19.1. The summed E-state index contributed by atoms with van der Waals surface area (Å²) in [6.07, 6.45) is 7.07. The van der Waals surface area contributed by atoms with Crippen molar-refractivity contribution in [3.05, 3.63) is 59.7 Å². The van der Waals surface area contributed by atoms with Gasteiger partial charge in [-0.15, -0.1) is 0 Å². The molecule has 3 N–H and O–H groups in total. The summed E-state index contributed by atoms with van der Waals surface area (Å²) >= 11 is 0.786. The number of halogens is 2. The molecule has 0 saturated carbocycles. The fourth-order valence-corrected chi connectivity index (χ4v) is 5.31. The molecule has 2 heterocycles. The summed E-state index contributed by atoms with van der Waals surface area (Å²) in [6.45, 7) is 6.59. The van der Waals surface area contributed by atoms with Crippen LogP contribution in [-0.2, 0) is 16.6 Å². The van der Waals surface area contributed by atoms with Crippen molar-refractivity contribution in [1.82, 2.24) is 14.3 Å². The van der Waals surface area contributed by atoms with E-state index in [1.165, 1.54) is 0 Å². The Bertz CT molecular complexity index is 1130. The van der Waals surface area contributed by atoms with E-state index in [2.05, 4.69) is 25.7 Å². The topological polar surface area (TPSA) is 114 Å². The first kappa shape index (κ1) is 24.0. The molecular formula is C20H24F2N6O2S2. The maximum atomic E-state index is 14.8. The molecule has 1 atom stereocenters. The van der Waals surface area contributed by atoms with E-state index in [9.17, 15) is 17.2 Å². The van der Waals surface area contributed by atoms with Crippen LogP contribution < -0.4 is 10.5 Å². The highest BCUT2D eigenvalue weighted by atomic mass is 32.2. The quantitative estimate of drug-likeness (QED) is 0.440. The van der Waals surface area contributed by atoms with E-state index in [0.29, 0.717) is 18.4 Å². The lowest BCUT2D eigenvalue weighted by molar-refractivity contribution is 0.164. The first-order valence-corrected chi connectivity index (χ1v) is 12.1. The lowest BCUT2D eigenvalue weighted by atomic mass is 9.95. The standard InChI is InChI=1S/C20H24F2N6O2S2/c1-3-24-19(23)8-13(2)17-6-4-5-7-28(17)11-14-9-16(22)18(10-15(14)21)32(29,30)27-20-25-12-26-31-20/h3,8-10,12,17H,2,4-7,11,23H2,1H3,(H,25,26,27)/b19-8-,24-3-/t17-/m1/s1. The van der Waals surface area contributed by atoms with Gasteiger partial charge in [0.05, 0.1) is 0 Å². The van der Waals surface area contributed by atoms with E-state index in [1.54, 1.807) is 19.2 Å². The molecule has 1 aliphatic heterocycles. The second-order valence-corrected chi connectivity index (χ2v) is 9.67. The molecule has 1 aromatic heterocycles. The number of nitrogens with zero attached hydrogens (tertiary/aromatic N) is 4. The van der Waals surface area contributed by atoms with Gasteiger partial charge in [-0.2, -0.15) is 4.37 Å². The Balaban J connectivity index is 1.82. The molecule has 0 bridgehead atoms. The Morgan fingerprint density at radius 1 is 1.41 bits per heavy atom. The molecule has 8 nitrogen and oxygen atoms in total. The van der Waals surface area contributed by atoms with Crippen LogP contribution in [0.5, 0.6) is 0 Å². The predicted molar refractivity (Wildman–Crippen MR) is 121 cm³/mol. The summed E-state index contributed by atoms with van der Waals surface area (Å²) in [5, 5.41) is -0.0386. The number of hydrogen-bond donors (Lipinski definition) is 2. The summed E-state index contributed by atoms with van der Waals surface area (Å²) in [4.78, 5) is 8.90. The van der Waals surface area contributed by atoms with Crippen LogP contribution in [0.2, 0.25) is 0 Å². The van der Waals surface area contributed by atoms with Crippen LogP contribution in [0, 0.1) is 11.6 Å². The van der Waals surface area contributed by atoms with Gasteiger partial charge in [0.25, 0.3) is 10.0 Å². The fourth-order valence-electron chi connectivity index (χ4n) is 3.58. The van der Waals surface area contributed by atoms with Crippen LogP contribution in [0.4, 0.5) is 13.9 Å². The minimum atomic E-state index is -4.35. The third kappa shape index (κ3) is 5.75. The summed E-state index contributed by atoms with van der Waals surface area (Å²) < 4.78 is 60.2. The van der Waals surface area contributed by atoms with Crippen molar-refractivity contribution in [2.45, 2.75) is 43.7 Å². The van der Waals surface area contributed by atoms with Gasteiger partial charge in [-0.3, -0.25) is 9.62 Å². The molecule has 0 amide bonds. The van der Waals surface area contributed by atoms with Crippen molar-refractivity contribution in [3.8, 4) is 0 Å². The maximum absolute atomic E-state index is 14.8. The van der Waals surface area contributed by atoms with Gasteiger partial charge in [0.1, 0.15) is 28.7 Å². The second kappa shape index (κ2) is 10.3. The highest BCUT2D eigenvalue weighted by molar-refractivity contribution is 7.93. The molecule has 1 saturated heterocycles. The molecule has 3 rings (SSSR count). The highest BCUT2D eigenvalue weighted by Crippen LogP contribution is 2.28. The lowest BCUT2D eigenvalue weighted by Crippen LogP contribution is -2.40. The minimum absolute atomic E-state index is 0.0386. The van der Waals surface area contributed by atoms with E-state index in [-0.39, 0.29) is 23.3 Å². The van der Waals surface area contributed by atoms with Crippen molar-refractivity contribution in [2.24, 2.45) is 10.7 Å². The normalized spacial score (nSPS) is 18.2. The van der Waals surface area contributed by atoms with Gasteiger partial charge in [-0.05, 0) is 50.1 Å². The SMILES string of the molecule is C=C(/C=C(N)\N=C/C)[C@H]1CCCCN1Cc1cc(F)c(S(=O)(=O)Nc2ncns2)cc1F.